The first kappa shape index (κ1) is 18.1. The van der Waals surface area contributed by atoms with Crippen LogP contribution in [0.1, 0.15) is 42.9 Å². The molecule has 3 heterocycles. The number of benzene rings is 1. The minimum absolute atomic E-state index is 0.0821. The lowest BCUT2D eigenvalue weighted by Gasteiger charge is -2.46. The van der Waals surface area contributed by atoms with Gasteiger partial charge in [0, 0.05) is 37.8 Å². The molecular weight excluding hydrogens is 340 g/mol. The van der Waals surface area contributed by atoms with Gasteiger partial charge in [-0.15, -0.1) is 0 Å². The molecule has 1 aliphatic carbocycles. The quantitative estimate of drug-likeness (QED) is 0.860. The molecule has 5 rings (SSSR count). The third kappa shape index (κ3) is 3.04. The number of hydrogen-bond acceptors (Lipinski definition) is 5. The Kier molecular flexibility index (Phi) is 4.99. The summed E-state index contributed by atoms with van der Waals surface area (Å²) in [5, 5.41) is 11.6. The van der Waals surface area contributed by atoms with Crippen LogP contribution in [0.3, 0.4) is 0 Å². The number of aliphatic hydroxyl groups excluding tert-OH is 1. The van der Waals surface area contributed by atoms with E-state index < -0.39 is 0 Å². The molecule has 0 amide bonds. The van der Waals surface area contributed by atoms with Gasteiger partial charge in [-0.05, 0) is 49.9 Å². The normalized spacial score (nSPS) is 32.6. The molecule has 0 aromatic heterocycles. The number of aliphatic hydroxyl groups is 1. The third-order valence-corrected chi connectivity index (χ3v) is 7.52. The van der Waals surface area contributed by atoms with Crippen molar-refractivity contribution in [2.24, 2.45) is 0 Å². The second-order valence-corrected chi connectivity index (χ2v) is 8.66. The van der Waals surface area contributed by atoms with Crippen molar-refractivity contribution in [2.45, 2.75) is 49.3 Å². The van der Waals surface area contributed by atoms with Gasteiger partial charge in [-0.3, -0.25) is 4.90 Å². The number of nitrogens with zero attached hydrogens (tertiary/aromatic N) is 2. The van der Waals surface area contributed by atoms with Gasteiger partial charge in [0.2, 0.25) is 0 Å². The van der Waals surface area contributed by atoms with Crippen LogP contribution in [-0.2, 0) is 14.9 Å². The maximum absolute atomic E-state index is 11.6. The van der Waals surface area contributed by atoms with Crippen molar-refractivity contribution in [1.29, 1.82) is 0 Å². The number of ether oxygens (including phenoxy) is 2. The minimum Gasteiger partial charge on any atom is -0.390 e. The Morgan fingerprint density at radius 1 is 0.852 bits per heavy atom. The summed E-state index contributed by atoms with van der Waals surface area (Å²) in [7, 11) is 0. The van der Waals surface area contributed by atoms with E-state index in [1.807, 2.05) is 0 Å². The van der Waals surface area contributed by atoms with E-state index in [-0.39, 0.29) is 17.6 Å². The van der Waals surface area contributed by atoms with Gasteiger partial charge in [0.1, 0.15) is 0 Å². The topological polar surface area (TPSA) is 45.2 Å². The van der Waals surface area contributed by atoms with E-state index in [1.54, 1.807) is 0 Å². The van der Waals surface area contributed by atoms with Crippen molar-refractivity contribution >= 4 is 0 Å². The predicted octanol–water partition coefficient (Wildman–Crippen LogP) is 1.95. The Bertz CT molecular complexity index is 647. The number of fused-ring (bicyclic) bond motifs is 2. The summed E-state index contributed by atoms with van der Waals surface area (Å²) in [5.41, 5.74) is 2.67. The molecule has 1 aromatic rings. The molecule has 1 aromatic carbocycles. The van der Waals surface area contributed by atoms with Crippen molar-refractivity contribution in [3.8, 4) is 0 Å². The lowest BCUT2D eigenvalue weighted by molar-refractivity contribution is -0.0555. The monoisotopic (exact) mass is 372 g/mol. The third-order valence-electron chi connectivity index (χ3n) is 7.52. The molecule has 27 heavy (non-hydrogen) atoms. The van der Waals surface area contributed by atoms with Gasteiger partial charge in [-0.25, -0.2) is 0 Å². The van der Waals surface area contributed by atoms with Gasteiger partial charge in [0.25, 0.3) is 0 Å². The van der Waals surface area contributed by atoms with E-state index >= 15 is 0 Å². The largest absolute Gasteiger partial charge is 0.390 e. The summed E-state index contributed by atoms with van der Waals surface area (Å²) in [6, 6.07) is 9.61. The molecule has 0 unspecified atom stereocenters. The van der Waals surface area contributed by atoms with Crippen LogP contribution in [0.15, 0.2) is 24.3 Å². The molecular formula is C22H32N2O3. The van der Waals surface area contributed by atoms with E-state index in [4.69, 9.17) is 9.47 Å². The highest BCUT2D eigenvalue weighted by atomic mass is 16.5. The molecule has 5 nitrogen and oxygen atoms in total. The van der Waals surface area contributed by atoms with Crippen molar-refractivity contribution in [3.63, 3.8) is 0 Å². The van der Waals surface area contributed by atoms with Gasteiger partial charge in [-0.2, -0.15) is 0 Å². The Morgan fingerprint density at radius 3 is 2.26 bits per heavy atom. The van der Waals surface area contributed by atoms with Crippen LogP contribution in [0.2, 0.25) is 0 Å². The zero-order chi connectivity index (χ0) is 18.3. The molecule has 0 bridgehead atoms. The summed E-state index contributed by atoms with van der Waals surface area (Å²) in [4.78, 5) is 5.11. The van der Waals surface area contributed by atoms with Crippen molar-refractivity contribution < 1.29 is 14.6 Å². The molecule has 3 saturated heterocycles. The highest BCUT2D eigenvalue weighted by Crippen LogP contribution is 2.53. The minimum atomic E-state index is -0.315. The van der Waals surface area contributed by atoms with Crippen LogP contribution in [0, 0.1) is 0 Å². The maximum Gasteiger partial charge on any atom is 0.0834 e. The molecule has 1 N–H and O–H groups in total. The maximum atomic E-state index is 11.6. The van der Waals surface area contributed by atoms with E-state index in [0.717, 1.165) is 78.3 Å². The van der Waals surface area contributed by atoms with E-state index in [9.17, 15) is 5.11 Å². The van der Waals surface area contributed by atoms with Crippen LogP contribution in [0.4, 0.5) is 0 Å². The van der Waals surface area contributed by atoms with E-state index in [0.29, 0.717) is 6.04 Å². The number of hydrogen-bond donors (Lipinski definition) is 1. The first-order valence-electron chi connectivity index (χ1n) is 10.7. The summed E-state index contributed by atoms with van der Waals surface area (Å²) in [5.74, 6) is 0. The first-order chi connectivity index (χ1) is 13.3. The molecule has 1 spiro atoms. The van der Waals surface area contributed by atoms with Crippen LogP contribution < -0.4 is 0 Å². The fraction of sp³-hybridized carbons (Fsp3) is 0.727. The Hall–Kier alpha value is -0.980. The fourth-order valence-electron chi connectivity index (χ4n) is 6.00. The predicted molar refractivity (Wildman–Crippen MR) is 104 cm³/mol. The molecule has 5 heteroatoms. The summed E-state index contributed by atoms with van der Waals surface area (Å²) >= 11 is 0. The average molecular weight is 373 g/mol. The second-order valence-electron chi connectivity index (χ2n) is 8.66. The molecule has 148 valence electrons. The number of likely N-dealkylation sites (tertiary alicyclic amines) is 1. The van der Waals surface area contributed by atoms with Gasteiger partial charge in [0.15, 0.2) is 0 Å². The molecule has 0 saturated carbocycles. The molecule has 4 aliphatic rings. The van der Waals surface area contributed by atoms with Crippen LogP contribution in [0.25, 0.3) is 0 Å². The van der Waals surface area contributed by atoms with Crippen LogP contribution in [0.5, 0.6) is 0 Å². The zero-order valence-electron chi connectivity index (χ0n) is 16.2. The standard InChI is InChI=1S/C22H32N2O3/c25-21-20(24-11-15-27-16-12-24)18-3-1-2-4-19(18)22(21)7-9-23(10-8-22)17-5-13-26-14-6-17/h1-4,17,20-21,25H,5-16H2/t20-,21+/m0/s1. The lowest BCUT2D eigenvalue weighted by atomic mass is 9.71. The van der Waals surface area contributed by atoms with Crippen LogP contribution in [-0.4, -0.2) is 79.7 Å². The number of piperidine rings is 1. The van der Waals surface area contributed by atoms with Crippen LogP contribution >= 0.6 is 0 Å². The number of rotatable bonds is 2. The molecule has 3 fully saturated rings. The fourth-order valence-corrected chi connectivity index (χ4v) is 6.00. The summed E-state index contributed by atoms with van der Waals surface area (Å²) in [6.45, 7) is 7.36. The average Bonchev–Trinajstić information content (AvgIpc) is 2.98. The van der Waals surface area contributed by atoms with Gasteiger partial charge < -0.3 is 19.5 Å². The lowest BCUT2D eigenvalue weighted by Crippen LogP contribution is -2.53. The molecule has 2 atom stereocenters. The Labute approximate surface area is 162 Å². The highest BCUT2D eigenvalue weighted by Gasteiger charge is 2.54. The van der Waals surface area contributed by atoms with E-state index in [1.165, 1.54) is 11.1 Å². The highest BCUT2D eigenvalue weighted by molar-refractivity contribution is 5.45. The smallest absolute Gasteiger partial charge is 0.0834 e. The Balaban J connectivity index is 1.39. The number of morpholine rings is 1. The van der Waals surface area contributed by atoms with Crippen molar-refractivity contribution in [3.05, 3.63) is 35.4 Å². The van der Waals surface area contributed by atoms with Gasteiger partial charge >= 0.3 is 0 Å². The zero-order valence-corrected chi connectivity index (χ0v) is 16.2. The second kappa shape index (κ2) is 7.45. The summed E-state index contributed by atoms with van der Waals surface area (Å²) in [6.07, 6.45) is 4.11. The van der Waals surface area contributed by atoms with Crippen molar-refractivity contribution in [2.75, 3.05) is 52.6 Å². The van der Waals surface area contributed by atoms with Crippen molar-refractivity contribution in [1.82, 2.24) is 9.80 Å². The molecule has 0 radical (unpaired) electrons. The molecule has 3 aliphatic heterocycles. The van der Waals surface area contributed by atoms with Gasteiger partial charge in [0.05, 0.1) is 25.4 Å². The van der Waals surface area contributed by atoms with Gasteiger partial charge in [-0.1, -0.05) is 24.3 Å². The Morgan fingerprint density at radius 2 is 1.52 bits per heavy atom. The first-order valence-corrected chi connectivity index (χ1v) is 10.7. The summed E-state index contributed by atoms with van der Waals surface area (Å²) < 4.78 is 11.1. The SMILES string of the molecule is O[C@@H]1[C@@H](N2CCOCC2)c2ccccc2C12CCN(C1CCOCC1)CC2. The van der Waals surface area contributed by atoms with E-state index in [2.05, 4.69) is 34.1 Å².